The molecule has 0 spiro atoms. The van der Waals surface area contributed by atoms with Gasteiger partial charge < -0.3 is 24.9 Å². The van der Waals surface area contributed by atoms with E-state index in [4.69, 9.17) is 19.9 Å². The number of nitrogens with two attached hydrogens (primary N) is 1. The summed E-state index contributed by atoms with van der Waals surface area (Å²) in [4.78, 5) is 27.1. The van der Waals surface area contributed by atoms with Gasteiger partial charge in [0.25, 0.3) is 5.69 Å². The van der Waals surface area contributed by atoms with Crippen molar-refractivity contribution in [3.63, 3.8) is 0 Å². The minimum Gasteiger partial charge on any atom is -0.414 e. The average Bonchev–Trinajstić information content (AvgIpc) is 3.45. The summed E-state index contributed by atoms with van der Waals surface area (Å²) in [6.45, 7) is 22.6. The molecule has 0 radical (unpaired) electrons. The molecule has 4 rings (SSSR count). The molecule has 11 nitrogen and oxygen atoms in total. The van der Waals surface area contributed by atoms with Crippen LogP contribution in [0.4, 0.5) is 5.69 Å². The smallest absolute Gasteiger partial charge is 0.273 e. The Balaban J connectivity index is 1.63. The van der Waals surface area contributed by atoms with Crippen molar-refractivity contribution in [3.05, 3.63) is 37.4 Å². The third-order valence-electron chi connectivity index (χ3n) is 10.5. The van der Waals surface area contributed by atoms with Gasteiger partial charge >= 0.3 is 0 Å². The van der Waals surface area contributed by atoms with E-state index in [1.807, 2.05) is 11.0 Å². The zero-order valence-corrected chi connectivity index (χ0v) is 31.2. The van der Waals surface area contributed by atoms with Gasteiger partial charge in [-0.3, -0.25) is 15.1 Å². The summed E-state index contributed by atoms with van der Waals surface area (Å²) in [5.74, 6) is 0.527. The van der Waals surface area contributed by atoms with Crippen molar-refractivity contribution in [2.45, 2.75) is 114 Å². The Morgan fingerprint density at radius 2 is 1.86 bits per heavy atom. The summed E-state index contributed by atoms with van der Waals surface area (Å²) < 4.78 is 14.1. The SMILES string of the molecule is CC(C)(C)[Si](C)(C)OC[C@H]1O[C@@H](N2CN=C3C2=NC=NC3(N)Cc2ccc(I)cc2[N+](=O)[O-])C[C@@]1(O)[Si](C)(C)C(C)(C)C. The summed E-state index contributed by atoms with van der Waals surface area (Å²) in [5.41, 5.74) is 6.43. The van der Waals surface area contributed by atoms with Gasteiger partial charge in [-0.2, -0.15) is 0 Å². The van der Waals surface area contributed by atoms with Gasteiger partial charge in [-0.25, -0.2) is 9.98 Å². The van der Waals surface area contributed by atoms with Crippen LogP contribution in [-0.2, 0) is 15.6 Å². The Kier molecular flexibility index (Phi) is 9.06. The van der Waals surface area contributed by atoms with Gasteiger partial charge in [0.15, 0.2) is 19.8 Å². The van der Waals surface area contributed by atoms with Gasteiger partial charge in [0, 0.05) is 28.0 Å². The van der Waals surface area contributed by atoms with Crippen LogP contribution < -0.4 is 5.73 Å². The molecule has 1 unspecified atom stereocenters. The number of amidine groups is 1. The lowest BCUT2D eigenvalue weighted by Gasteiger charge is -2.49. The Bertz CT molecular complexity index is 1370. The number of halogens is 1. The number of nitrogens with zero attached hydrogens (tertiary/aromatic N) is 5. The minimum absolute atomic E-state index is 0.00502. The largest absolute Gasteiger partial charge is 0.414 e. The highest BCUT2D eigenvalue weighted by Gasteiger charge is 2.63. The van der Waals surface area contributed by atoms with Gasteiger partial charge in [-0.1, -0.05) is 60.7 Å². The molecular weight excluding hydrogens is 695 g/mol. The summed E-state index contributed by atoms with van der Waals surface area (Å²) in [7, 11) is -4.50. The summed E-state index contributed by atoms with van der Waals surface area (Å²) >= 11 is 2.05. The van der Waals surface area contributed by atoms with E-state index in [1.165, 1.54) is 12.4 Å². The van der Waals surface area contributed by atoms with Crippen LogP contribution in [0.2, 0.25) is 36.3 Å². The number of nitro groups is 1. The maximum Gasteiger partial charge on any atom is 0.273 e. The zero-order chi connectivity index (χ0) is 32.4. The molecule has 3 heterocycles. The van der Waals surface area contributed by atoms with E-state index in [0.29, 0.717) is 30.1 Å². The van der Waals surface area contributed by atoms with E-state index < -0.39 is 44.5 Å². The number of fused-ring (bicyclic) bond motifs is 1. The Morgan fingerprint density at radius 3 is 2.44 bits per heavy atom. The third kappa shape index (κ3) is 6.16. The van der Waals surface area contributed by atoms with Gasteiger partial charge in [-0.15, -0.1) is 0 Å². The molecule has 3 aliphatic rings. The first-order valence-electron chi connectivity index (χ1n) is 14.7. The van der Waals surface area contributed by atoms with E-state index in [-0.39, 0.29) is 28.9 Å². The fourth-order valence-corrected chi connectivity index (χ4v) is 9.97. The fourth-order valence-electron chi connectivity index (χ4n) is 5.55. The normalized spacial score (nSPS) is 28.2. The molecule has 0 aromatic heterocycles. The van der Waals surface area contributed by atoms with E-state index >= 15 is 0 Å². The second kappa shape index (κ2) is 11.3. The van der Waals surface area contributed by atoms with Gasteiger partial charge in [0.05, 0.1) is 24.8 Å². The van der Waals surface area contributed by atoms with Crippen molar-refractivity contribution >= 4 is 62.6 Å². The number of hydrogen-bond donors (Lipinski definition) is 2. The second-order valence-electron chi connectivity index (χ2n) is 15.1. The van der Waals surface area contributed by atoms with Crippen molar-refractivity contribution in [1.82, 2.24) is 4.90 Å². The Morgan fingerprint density at radius 1 is 1.21 bits per heavy atom. The number of benzene rings is 1. The molecular formula is C29H47IN6O5Si2. The van der Waals surface area contributed by atoms with Crippen LogP contribution in [-0.4, -0.2) is 85.7 Å². The van der Waals surface area contributed by atoms with Crippen LogP contribution in [0.3, 0.4) is 0 Å². The van der Waals surface area contributed by atoms with Crippen molar-refractivity contribution in [1.29, 1.82) is 0 Å². The van der Waals surface area contributed by atoms with Crippen molar-refractivity contribution < 1.29 is 19.2 Å². The van der Waals surface area contributed by atoms with Crippen LogP contribution in [0.15, 0.2) is 33.2 Å². The molecule has 4 atom stereocenters. The van der Waals surface area contributed by atoms with E-state index in [1.54, 1.807) is 6.07 Å². The standard InChI is InChI=1S/C29H47IN6O5Si2/c1-26(2,3)42(7,8)29(37)15-23(41-22(29)16-40-43(9,10)27(4,5)6)35-18-33-24-25(35)32-17-34-28(24,31)14-19-11-12-20(30)13-21(19)36(38)39/h11-13,17,22-23,37H,14-16,18,31H2,1-10H3/t22-,23-,28?,29-/m1/s1. The highest BCUT2D eigenvalue weighted by molar-refractivity contribution is 14.1. The van der Waals surface area contributed by atoms with E-state index in [0.717, 1.165) is 3.57 Å². The molecule has 3 N–H and O–H groups in total. The van der Waals surface area contributed by atoms with Crippen molar-refractivity contribution in [3.8, 4) is 0 Å². The third-order valence-corrected chi connectivity index (χ3v) is 22.1. The van der Waals surface area contributed by atoms with Crippen molar-refractivity contribution in [2.24, 2.45) is 20.7 Å². The summed E-state index contributed by atoms with van der Waals surface area (Å²) in [6.07, 6.45) is 0.846. The van der Waals surface area contributed by atoms with Gasteiger partial charge in [-0.05, 0) is 51.8 Å². The number of nitro benzene ring substituents is 1. The molecule has 0 aliphatic carbocycles. The van der Waals surface area contributed by atoms with Crippen LogP contribution in [0.5, 0.6) is 0 Å². The molecule has 0 amide bonds. The molecule has 1 fully saturated rings. The first-order chi connectivity index (χ1) is 19.5. The Hall–Kier alpha value is -1.57. The predicted molar refractivity (Wildman–Crippen MR) is 185 cm³/mol. The first-order valence-corrected chi connectivity index (χ1v) is 21.7. The summed E-state index contributed by atoms with van der Waals surface area (Å²) in [6, 6.07) is 5.06. The molecule has 238 valence electrons. The molecule has 3 aliphatic heterocycles. The van der Waals surface area contributed by atoms with Crippen LogP contribution in [0.1, 0.15) is 53.5 Å². The predicted octanol–water partition coefficient (Wildman–Crippen LogP) is 5.47. The van der Waals surface area contributed by atoms with Crippen LogP contribution >= 0.6 is 22.6 Å². The lowest BCUT2D eigenvalue weighted by Crippen LogP contribution is -2.65. The highest BCUT2D eigenvalue weighted by Crippen LogP contribution is 2.51. The Labute approximate surface area is 270 Å². The number of ether oxygens (including phenoxy) is 1. The maximum absolute atomic E-state index is 12.6. The van der Waals surface area contributed by atoms with Gasteiger partial charge in [0.1, 0.15) is 31.1 Å². The number of rotatable bonds is 8. The monoisotopic (exact) mass is 742 g/mol. The maximum atomic E-state index is 12.6. The molecule has 1 aromatic carbocycles. The zero-order valence-electron chi connectivity index (χ0n) is 27.1. The summed E-state index contributed by atoms with van der Waals surface area (Å²) in [5, 5.41) is 23.2. The molecule has 14 heteroatoms. The molecule has 1 saturated heterocycles. The highest BCUT2D eigenvalue weighted by atomic mass is 127. The minimum atomic E-state index is -2.39. The second-order valence-corrected chi connectivity index (χ2v) is 26.8. The molecule has 0 saturated carbocycles. The van der Waals surface area contributed by atoms with Crippen LogP contribution in [0.25, 0.3) is 0 Å². The molecule has 0 bridgehead atoms. The van der Waals surface area contributed by atoms with E-state index in [2.05, 4.69) is 100 Å². The van der Waals surface area contributed by atoms with Crippen LogP contribution in [0, 0.1) is 13.7 Å². The van der Waals surface area contributed by atoms with E-state index in [9.17, 15) is 15.2 Å². The molecule has 1 aromatic rings. The molecule has 43 heavy (non-hydrogen) atoms. The number of aliphatic hydroxyl groups is 1. The first kappa shape index (κ1) is 34.3. The lowest BCUT2D eigenvalue weighted by molar-refractivity contribution is -0.385. The topological polar surface area (TPSA) is 148 Å². The number of aliphatic imine (C=N–C) groups is 3. The average molecular weight is 743 g/mol. The quantitative estimate of drug-likeness (QED) is 0.156. The fraction of sp³-hybridized carbons (Fsp3) is 0.690. The lowest BCUT2D eigenvalue weighted by atomic mass is 9.93. The number of hydrogen-bond acceptors (Lipinski definition) is 10. The van der Waals surface area contributed by atoms with Gasteiger partial charge in [0.2, 0.25) is 0 Å². The van der Waals surface area contributed by atoms with Crippen molar-refractivity contribution in [2.75, 3.05) is 13.3 Å².